The number of aromatic nitrogens is 3. The molecule has 0 aliphatic carbocycles. The Balaban J connectivity index is 0.000000383. The Labute approximate surface area is 202 Å². The lowest BCUT2D eigenvalue weighted by Crippen LogP contribution is -2.26. The van der Waals surface area contributed by atoms with Gasteiger partial charge in [-0.1, -0.05) is 12.1 Å². The van der Waals surface area contributed by atoms with E-state index in [2.05, 4.69) is 20.3 Å². The van der Waals surface area contributed by atoms with Crippen LogP contribution in [-0.2, 0) is 27.2 Å². The molecule has 0 saturated heterocycles. The molecule has 198 valence electrons. The zero-order valence-corrected chi connectivity index (χ0v) is 18.8. The molecule has 0 aliphatic rings. The molecule has 1 aromatic carbocycles. The standard InChI is InChI=1S/C15H17N5OS.2C2HF3O2/c16-15-18-10(9-22-15)7-8-17-14(21)6-5-13-19-11-3-1-2-4-12(11)20-13;2*3-2(4,5)1(6)7/h1-4,9H,5-8H2,(H2,16,18)(H,17,21)(H,19,20);2*(H,6,7). The lowest BCUT2D eigenvalue weighted by Gasteiger charge is -2.02. The maximum Gasteiger partial charge on any atom is 0.490 e. The maximum absolute atomic E-state index is 11.8. The van der Waals surface area contributed by atoms with Crippen LogP contribution < -0.4 is 11.1 Å². The number of nitrogen functional groups attached to an aromatic ring is 1. The summed E-state index contributed by atoms with van der Waals surface area (Å²) >= 11 is 1.41. The smallest absolute Gasteiger partial charge is 0.475 e. The molecule has 6 N–H and O–H groups in total. The van der Waals surface area contributed by atoms with Crippen LogP contribution in [0.5, 0.6) is 0 Å². The molecule has 1 amide bonds. The number of aromatic amines is 1. The van der Waals surface area contributed by atoms with Crippen molar-refractivity contribution in [2.45, 2.75) is 31.6 Å². The molecule has 2 heterocycles. The largest absolute Gasteiger partial charge is 0.490 e. The number of carbonyl (C=O) groups excluding carboxylic acids is 1. The fourth-order valence-electron chi connectivity index (χ4n) is 2.21. The minimum Gasteiger partial charge on any atom is -0.475 e. The van der Waals surface area contributed by atoms with Gasteiger partial charge in [-0.15, -0.1) is 11.3 Å². The van der Waals surface area contributed by atoms with Crippen molar-refractivity contribution in [3.8, 4) is 0 Å². The van der Waals surface area contributed by atoms with Crippen molar-refractivity contribution < 1.29 is 50.9 Å². The molecule has 3 rings (SSSR count). The van der Waals surface area contributed by atoms with E-state index in [4.69, 9.17) is 25.5 Å². The minimum atomic E-state index is -5.08. The first-order valence-electron chi connectivity index (χ1n) is 9.60. The summed E-state index contributed by atoms with van der Waals surface area (Å²) in [7, 11) is 0. The maximum atomic E-state index is 11.8. The van der Waals surface area contributed by atoms with Crippen molar-refractivity contribution in [3.05, 3.63) is 41.2 Å². The fourth-order valence-corrected chi connectivity index (χ4v) is 2.81. The predicted octanol–water partition coefficient (Wildman–Crippen LogP) is 3.16. The summed E-state index contributed by atoms with van der Waals surface area (Å²) in [6, 6.07) is 7.84. The highest BCUT2D eigenvalue weighted by Gasteiger charge is 2.38. The van der Waals surface area contributed by atoms with Gasteiger partial charge in [0.15, 0.2) is 5.13 Å². The number of H-pyrrole nitrogens is 1. The third-order valence-corrected chi connectivity index (χ3v) is 4.51. The van der Waals surface area contributed by atoms with Crippen LogP contribution >= 0.6 is 11.3 Å². The molecule has 17 heteroatoms. The highest BCUT2D eigenvalue weighted by Crippen LogP contribution is 2.14. The van der Waals surface area contributed by atoms with Crippen molar-refractivity contribution in [2.24, 2.45) is 0 Å². The lowest BCUT2D eigenvalue weighted by atomic mass is 10.2. The van der Waals surface area contributed by atoms with Gasteiger partial charge in [-0.25, -0.2) is 19.6 Å². The number of para-hydroxylation sites is 2. The van der Waals surface area contributed by atoms with Gasteiger partial charge in [-0.2, -0.15) is 26.3 Å². The number of nitrogens with two attached hydrogens (primary N) is 1. The number of nitrogens with one attached hydrogen (secondary N) is 2. The van der Waals surface area contributed by atoms with E-state index in [1.54, 1.807) is 0 Å². The number of aryl methyl sites for hydroxylation is 1. The number of amides is 1. The summed E-state index contributed by atoms with van der Waals surface area (Å²) in [6.07, 6.45) is -8.45. The SMILES string of the molecule is Nc1nc(CCNC(=O)CCc2nc3ccccc3[nH]2)cs1.O=C(O)C(F)(F)F.O=C(O)C(F)(F)F. The average Bonchev–Trinajstić information content (AvgIpc) is 3.37. The lowest BCUT2D eigenvalue weighted by molar-refractivity contribution is -0.193. The molecule has 3 aromatic rings. The highest BCUT2D eigenvalue weighted by molar-refractivity contribution is 7.13. The summed E-state index contributed by atoms with van der Waals surface area (Å²) in [4.78, 5) is 41.5. The number of thiazole rings is 1. The summed E-state index contributed by atoms with van der Waals surface area (Å²) in [6.45, 7) is 0.572. The second-order valence-electron chi connectivity index (χ2n) is 6.58. The molecular weight excluding hydrogens is 524 g/mol. The van der Waals surface area contributed by atoms with Crippen molar-refractivity contribution in [1.82, 2.24) is 20.3 Å². The van der Waals surface area contributed by atoms with Crippen LogP contribution in [0.3, 0.4) is 0 Å². The van der Waals surface area contributed by atoms with E-state index in [1.165, 1.54) is 11.3 Å². The Morgan fingerprint density at radius 2 is 1.53 bits per heavy atom. The average molecular weight is 543 g/mol. The number of anilines is 1. The molecule has 0 fully saturated rings. The number of fused-ring (bicyclic) bond motifs is 1. The number of rotatable bonds is 6. The topological polar surface area (TPSA) is 171 Å². The Morgan fingerprint density at radius 3 is 2.00 bits per heavy atom. The first kappa shape index (κ1) is 30.1. The van der Waals surface area contributed by atoms with Gasteiger partial charge in [-0.05, 0) is 12.1 Å². The molecule has 36 heavy (non-hydrogen) atoms. The molecule has 0 bridgehead atoms. The summed E-state index contributed by atoms with van der Waals surface area (Å²) < 4.78 is 63.5. The van der Waals surface area contributed by atoms with Crippen LogP contribution in [0.4, 0.5) is 31.5 Å². The third-order valence-electron chi connectivity index (χ3n) is 3.79. The molecule has 0 spiro atoms. The number of aliphatic carboxylic acids is 2. The van der Waals surface area contributed by atoms with Crippen molar-refractivity contribution >= 4 is 45.3 Å². The normalized spacial score (nSPS) is 11.1. The molecule has 0 radical (unpaired) electrons. The summed E-state index contributed by atoms with van der Waals surface area (Å²) in [5, 5.41) is 19.6. The molecule has 10 nitrogen and oxygen atoms in total. The number of carboxylic acid groups (broad SMARTS) is 2. The number of carbonyl (C=O) groups is 3. The molecule has 0 unspecified atom stereocenters. The minimum absolute atomic E-state index is 0.0173. The van der Waals surface area contributed by atoms with Gasteiger partial charge in [0.05, 0.1) is 16.7 Å². The van der Waals surface area contributed by atoms with Crippen LogP contribution in [0.25, 0.3) is 11.0 Å². The summed E-state index contributed by atoms with van der Waals surface area (Å²) in [5.41, 5.74) is 8.41. The summed E-state index contributed by atoms with van der Waals surface area (Å²) in [5.74, 6) is -4.66. The predicted molar refractivity (Wildman–Crippen MR) is 115 cm³/mol. The number of hydrogen-bond donors (Lipinski definition) is 5. The van der Waals surface area contributed by atoms with Gasteiger partial charge < -0.3 is 26.2 Å². The van der Waals surface area contributed by atoms with Gasteiger partial charge in [0, 0.05) is 31.2 Å². The van der Waals surface area contributed by atoms with Crippen LogP contribution in [-0.4, -0.2) is 61.9 Å². The molecule has 0 atom stereocenters. The van der Waals surface area contributed by atoms with E-state index in [9.17, 15) is 31.1 Å². The van der Waals surface area contributed by atoms with Crippen molar-refractivity contribution in [2.75, 3.05) is 12.3 Å². The number of benzene rings is 1. The van der Waals surface area contributed by atoms with Gasteiger partial charge >= 0.3 is 24.3 Å². The Bertz CT molecular complexity index is 1100. The quantitative estimate of drug-likeness (QED) is 0.295. The molecule has 2 aromatic heterocycles. The van der Waals surface area contributed by atoms with Gasteiger partial charge in [0.25, 0.3) is 0 Å². The van der Waals surface area contributed by atoms with Crippen LogP contribution in [0.1, 0.15) is 17.9 Å². The number of nitrogens with zero attached hydrogens (tertiary/aromatic N) is 2. The molecule has 0 saturated carbocycles. The van der Waals surface area contributed by atoms with Crippen LogP contribution in [0, 0.1) is 0 Å². The number of hydrogen-bond acceptors (Lipinski definition) is 7. The van der Waals surface area contributed by atoms with Crippen LogP contribution in [0.2, 0.25) is 0 Å². The zero-order chi connectivity index (χ0) is 27.5. The van der Waals surface area contributed by atoms with Crippen molar-refractivity contribution in [1.29, 1.82) is 0 Å². The first-order chi connectivity index (χ1) is 16.6. The van der Waals surface area contributed by atoms with E-state index in [0.29, 0.717) is 30.9 Å². The zero-order valence-electron chi connectivity index (χ0n) is 18.0. The Morgan fingerprint density at radius 1 is 0.972 bits per heavy atom. The Hall–Kier alpha value is -3.89. The number of alkyl halides is 6. The highest BCUT2D eigenvalue weighted by atomic mass is 32.1. The Kier molecular flexibility index (Phi) is 11.1. The monoisotopic (exact) mass is 543 g/mol. The van der Waals surface area contributed by atoms with E-state index in [0.717, 1.165) is 22.6 Å². The van der Waals surface area contributed by atoms with Crippen molar-refractivity contribution in [3.63, 3.8) is 0 Å². The van der Waals surface area contributed by atoms with Gasteiger partial charge in [0.2, 0.25) is 5.91 Å². The van der Waals surface area contributed by atoms with E-state index < -0.39 is 24.3 Å². The number of imidazole rings is 1. The fraction of sp³-hybridized carbons (Fsp3) is 0.316. The van der Waals surface area contributed by atoms with Gasteiger partial charge in [-0.3, -0.25) is 4.79 Å². The van der Waals surface area contributed by atoms with Crippen LogP contribution in [0.15, 0.2) is 29.6 Å². The second kappa shape index (κ2) is 13.3. The second-order valence-corrected chi connectivity index (χ2v) is 7.47. The van der Waals surface area contributed by atoms with E-state index in [-0.39, 0.29) is 5.91 Å². The van der Waals surface area contributed by atoms with Gasteiger partial charge in [0.1, 0.15) is 5.82 Å². The third kappa shape index (κ3) is 11.5. The molecular formula is C19H19F6N5O5S. The first-order valence-corrected chi connectivity index (χ1v) is 10.5. The molecule has 0 aliphatic heterocycles. The number of halogens is 6. The van der Waals surface area contributed by atoms with E-state index in [1.807, 2.05) is 29.6 Å². The number of carboxylic acids is 2. The van der Waals surface area contributed by atoms with E-state index >= 15 is 0 Å².